The van der Waals surface area contributed by atoms with Gasteiger partial charge in [-0.05, 0) is 117 Å². The number of ketones is 1. The summed E-state index contributed by atoms with van der Waals surface area (Å²) in [7, 11) is 0. The lowest BCUT2D eigenvalue weighted by atomic mass is 9.97. The number of esters is 1. The van der Waals surface area contributed by atoms with Crippen molar-refractivity contribution in [2.75, 3.05) is 0 Å². The number of ether oxygens (including phenoxy) is 3. The van der Waals surface area contributed by atoms with Crippen molar-refractivity contribution in [3.8, 4) is 17.2 Å². The summed E-state index contributed by atoms with van der Waals surface area (Å²) in [5, 5.41) is 0. The molecule has 0 atom stereocenters. The molecule has 0 fully saturated rings. The van der Waals surface area contributed by atoms with Gasteiger partial charge in [-0.25, -0.2) is 0 Å². The average molecular weight is 493 g/mol. The third-order valence-electron chi connectivity index (χ3n) is 4.79. The number of carbonyl (C=O) groups is 2. The van der Waals surface area contributed by atoms with E-state index < -0.39 is 16.6 Å². The van der Waals surface area contributed by atoms with Crippen molar-refractivity contribution in [2.24, 2.45) is 5.41 Å². The van der Waals surface area contributed by atoms with Gasteiger partial charge in [0.05, 0.1) is 11.0 Å². The summed E-state index contributed by atoms with van der Waals surface area (Å²) in [6.45, 7) is 21.1. The van der Waals surface area contributed by atoms with E-state index in [-0.39, 0.29) is 11.8 Å². The van der Waals surface area contributed by atoms with E-state index in [0.29, 0.717) is 34.8 Å². The fourth-order valence-corrected chi connectivity index (χ4v) is 3.15. The smallest absolute Gasteiger partial charge is 0.316 e. The van der Waals surface area contributed by atoms with Crippen LogP contribution in [0.4, 0.5) is 0 Å². The number of hydrogen-bond donors (Lipinski definition) is 0. The van der Waals surface area contributed by atoms with E-state index in [1.165, 1.54) is 6.08 Å². The van der Waals surface area contributed by atoms with Crippen LogP contribution in [0, 0.1) is 5.41 Å². The van der Waals surface area contributed by atoms with E-state index in [2.05, 4.69) is 6.58 Å². The maximum atomic E-state index is 13.0. The molecule has 5 heteroatoms. The molecule has 0 unspecified atom stereocenters. The van der Waals surface area contributed by atoms with E-state index in [1.807, 2.05) is 59.8 Å². The third kappa shape index (κ3) is 8.71. The number of hydrogen-bond acceptors (Lipinski definition) is 5. The molecule has 0 saturated heterocycles. The van der Waals surface area contributed by atoms with Crippen molar-refractivity contribution in [2.45, 2.75) is 79.9 Å². The van der Waals surface area contributed by atoms with Crippen LogP contribution in [0.5, 0.6) is 17.2 Å². The van der Waals surface area contributed by atoms with Gasteiger partial charge in [0.15, 0.2) is 5.78 Å². The molecule has 36 heavy (non-hydrogen) atoms. The topological polar surface area (TPSA) is 61.8 Å². The predicted molar refractivity (Wildman–Crippen MR) is 146 cm³/mol. The monoisotopic (exact) mass is 492 g/mol. The highest BCUT2D eigenvalue weighted by atomic mass is 16.5. The SMILES string of the molecule is C=CCc1ccc(OC(C)(C)C)c(C=CC(=O)c2ccc(OC(=O)C(C)(C)C)cc2)c1OC(C)(C)C. The molecule has 0 amide bonds. The molecule has 0 bridgehead atoms. The summed E-state index contributed by atoms with van der Waals surface area (Å²) in [6.07, 6.45) is 5.69. The lowest BCUT2D eigenvalue weighted by molar-refractivity contribution is -0.143. The molecule has 5 nitrogen and oxygen atoms in total. The van der Waals surface area contributed by atoms with Crippen LogP contribution in [0.3, 0.4) is 0 Å². The number of rotatable bonds is 8. The Labute approximate surface area is 216 Å². The quantitative estimate of drug-likeness (QED) is 0.125. The normalized spacial score (nSPS) is 12.4. The number of carbonyl (C=O) groups excluding carboxylic acids is 2. The minimum Gasteiger partial charge on any atom is -0.487 e. The van der Waals surface area contributed by atoms with Crippen LogP contribution in [0.2, 0.25) is 0 Å². The molecule has 2 rings (SSSR count). The minimum absolute atomic E-state index is 0.193. The maximum absolute atomic E-state index is 13.0. The first-order valence-corrected chi connectivity index (χ1v) is 12.2. The zero-order valence-corrected chi connectivity index (χ0v) is 23.2. The maximum Gasteiger partial charge on any atom is 0.316 e. The van der Waals surface area contributed by atoms with E-state index in [4.69, 9.17) is 14.2 Å². The Bertz CT molecular complexity index is 1120. The van der Waals surface area contributed by atoms with Crippen LogP contribution < -0.4 is 14.2 Å². The third-order valence-corrected chi connectivity index (χ3v) is 4.79. The van der Waals surface area contributed by atoms with Gasteiger partial charge in [0.2, 0.25) is 0 Å². The second-order valence-electron chi connectivity index (χ2n) is 11.7. The van der Waals surface area contributed by atoms with Gasteiger partial charge in [0.1, 0.15) is 28.5 Å². The molecule has 0 aromatic heterocycles. The standard InChI is InChI=1S/C31H40O5/c1-11-12-22-15-20-26(35-30(5,6)7)24(27(22)36-31(8,9)10)18-19-25(32)21-13-16-23(17-14-21)34-28(33)29(2,3)4/h11,13-20H,1,12H2,2-10H3. The summed E-state index contributed by atoms with van der Waals surface area (Å²) < 4.78 is 18.0. The van der Waals surface area contributed by atoms with Crippen molar-refractivity contribution < 1.29 is 23.8 Å². The minimum atomic E-state index is -0.614. The van der Waals surface area contributed by atoms with Crippen molar-refractivity contribution in [1.82, 2.24) is 0 Å². The van der Waals surface area contributed by atoms with Crippen LogP contribution in [-0.2, 0) is 11.2 Å². The molecular weight excluding hydrogens is 452 g/mol. The van der Waals surface area contributed by atoms with Gasteiger partial charge in [-0.2, -0.15) is 0 Å². The molecule has 0 aliphatic carbocycles. The zero-order chi connectivity index (χ0) is 27.3. The van der Waals surface area contributed by atoms with Crippen molar-refractivity contribution >= 4 is 17.8 Å². The summed E-state index contributed by atoms with van der Waals surface area (Å²) in [5.41, 5.74) is 0.619. The molecule has 0 spiro atoms. The van der Waals surface area contributed by atoms with Gasteiger partial charge in [-0.1, -0.05) is 12.1 Å². The Balaban J connectivity index is 2.44. The molecule has 0 radical (unpaired) electrons. The van der Waals surface area contributed by atoms with Crippen molar-refractivity contribution in [1.29, 1.82) is 0 Å². The molecule has 0 aliphatic rings. The first-order valence-electron chi connectivity index (χ1n) is 12.2. The molecular formula is C31H40O5. The lowest BCUT2D eigenvalue weighted by Crippen LogP contribution is -2.26. The van der Waals surface area contributed by atoms with Crippen LogP contribution in [-0.4, -0.2) is 23.0 Å². The number of benzene rings is 2. The Morgan fingerprint density at radius 2 is 1.42 bits per heavy atom. The van der Waals surface area contributed by atoms with Gasteiger partial charge in [0.25, 0.3) is 0 Å². The second-order valence-corrected chi connectivity index (χ2v) is 11.7. The summed E-state index contributed by atoms with van der Waals surface area (Å²) in [5.74, 6) is 1.16. The fraction of sp³-hybridized carbons (Fsp3) is 0.419. The van der Waals surface area contributed by atoms with Crippen LogP contribution in [0.1, 0.15) is 83.8 Å². The van der Waals surface area contributed by atoms with E-state index in [0.717, 1.165) is 5.56 Å². The fourth-order valence-electron chi connectivity index (χ4n) is 3.15. The highest BCUT2D eigenvalue weighted by Crippen LogP contribution is 2.38. The summed E-state index contributed by atoms with van der Waals surface area (Å²) >= 11 is 0. The first kappa shape index (κ1) is 28.9. The van der Waals surface area contributed by atoms with Crippen molar-refractivity contribution in [3.63, 3.8) is 0 Å². The molecule has 194 valence electrons. The van der Waals surface area contributed by atoms with Gasteiger partial charge in [0, 0.05) is 5.56 Å². The van der Waals surface area contributed by atoms with Crippen LogP contribution in [0.15, 0.2) is 55.1 Å². The van der Waals surface area contributed by atoms with E-state index >= 15 is 0 Å². The van der Waals surface area contributed by atoms with E-state index in [9.17, 15) is 9.59 Å². The lowest BCUT2D eigenvalue weighted by Gasteiger charge is -2.28. The van der Waals surface area contributed by atoms with Crippen LogP contribution >= 0.6 is 0 Å². The Kier molecular flexibility index (Phi) is 8.95. The average Bonchev–Trinajstić information content (AvgIpc) is 2.73. The molecule has 0 heterocycles. The zero-order valence-electron chi connectivity index (χ0n) is 23.2. The molecule has 0 saturated carbocycles. The van der Waals surface area contributed by atoms with E-state index in [1.54, 1.807) is 51.1 Å². The van der Waals surface area contributed by atoms with Gasteiger partial charge in [-0.3, -0.25) is 9.59 Å². The summed E-state index contributed by atoms with van der Waals surface area (Å²) in [6, 6.07) is 10.4. The summed E-state index contributed by atoms with van der Waals surface area (Å²) in [4.78, 5) is 25.1. The highest BCUT2D eigenvalue weighted by molar-refractivity contribution is 6.07. The Morgan fingerprint density at radius 3 is 1.92 bits per heavy atom. The van der Waals surface area contributed by atoms with Gasteiger partial charge >= 0.3 is 5.97 Å². The highest BCUT2D eigenvalue weighted by Gasteiger charge is 2.24. The number of allylic oxidation sites excluding steroid dienone is 2. The second kappa shape index (κ2) is 11.2. The largest absolute Gasteiger partial charge is 0.487 e. The molecule has 0 N–H and O–H groups in total. The van der Waals surface area contributed by atoms with Gasteiger partial charge < -0.3 is 14.2 Å². The predicted octanol–water partition coefficient (Wildman–Crippen LogP) is 7.62. The molecule has 2 aromatic carbocycles. The van der Waals surface area contributed by atoms with Crippen LogP contribution in [0.25, 0.3) is 6.08 Å². The molecule has 2 aromatic rings. The Morgan fingerprint density at radius 1 is 0.833 bits per heavy atom. The Hall–Kier alpha value is -3.34. The molecule has 0 aliphatic heterocycles. The first-order chi connectivity index (χ1) is 16.5. The van der Waals surface area contributed by atoms with Crippen molar-refractivity contribution in [3.05, 3.63) is 71.8 Å². The van der Waals surface area contributed by atoms with Gasteiger partial charge in [-0.15, -0.1) is 6.58 Å².